The van der Waals surface area contributed by atoms with Crippen LogP contribution < -0.4 is 5.32 Å². The highest BCUT2D eigenvalue weighted by Gasteiger charge is 2.31. The first kappa shape index (κ1) is 15.8. The van der Waals surface area contributed by atoms with Gasteiger partial charge in [-0.05, 0) is 56.5 Å². The number of aromatic hydroxyl groups is 1. The van der Waals surface area contributed by atoms with Crippen molar-refractivity contribution in [2.24, 2.45) is 0 Å². The number of fused-ring (bicyclic) bond motifs is 1. The maximum absolute atomic E-state index is 11.8. The number of rotatable bonds is 7. The van der Waals surface area contributed by atoms with Gasteiger partial charge < -0.3 is 15.3 Å². The first-order chi connectivity index (χ1) is 10.1. The van der Waals surface area contributed by atoms with E-state index in [1.807, 2.05) is 13.0 Å². The fraction of sp³-hybridized carbons (Fsp3) is 0.588. The van der Waals surface area contributed by atoms with E-state index in [0.717, 1.165) is 44.5 Å². The average Bonchev–Trinajstić information content (AvgIpc) is 2.76. The largest absolute Gasteiger partial charge is 0.506 e. The zero-order valence-electron chi connectivity index (χ0n) is 13.3. The van der Waals surface area contributed by atoms with Gasteiger partial charge in [0.2, 0.25) is 5.91 Å². The molecule has 1 amide bonds. The van der Waals surface area contributed by atoms with Crippen LogP contribution >= 0.6 is 0 Å². The van der Waals surface area contributed by atoms with Crippen LogP contribution in [0.5, 0.6) is 5.75 Å². The molecule has 1 aromatic rings. The van der Waals surface area contributed by atoms with E-state index in [1.54, 1.807) is 6.07 Å². The lowest BCUT2D eigenvalue weighted by Gasteiger charge is -2.22. The highest BCUT2D eigenvalue weighted by Crippen LogP contribution is 2.41. The quantitative estimate of drug-likeness (QED) is 0.759. The van der Waals surface area contributed by atoms with Gasteiger partial charge in [-0.25, -0.2) is 0 Å². The van der Waals surface area contributed by atoms with Crippen molar-refractivity contribution in [2.45, 2.75) is 46.0 Å². The lowest BCUT2D eigenvalue weighted by molar-refractivity contribution is -0.116. The second-order valence-electron chi connectivity index (χ2n) is 5.84. The lowest BCUT2D eigenvalue weighted by atomic mass is 9.94. The number of hydrogen-bond donors (Lipinski definition) is 2. The summed E-state index contributed by atoms with van der Waals surface area (Å²) in [4.78, 5) is 14.3. The Morgan fingerprint density at radius 2 is 1.86 bits per heavy atom. The first-order valence-electron chi connectivity index (χ1n) is 7.96. The molecule has 2 rings (SSSR count). The van der Waals surface area contributed by atoms with Gasteiger partial charge in [-0.3, -0.25) is 4.79 Å². The van der Waals surface area contributed by atoms with Gasteiger partial charge in [0.05, 0.1) is 11.6 Å². The Balaban J connectivity index is 2.15. The molecule has 1 heterocycles. The molecule has 4 nitrogen and oxygen atoms in total. The van der Waals surface area contributed by atoms with Crippen molar-refractivity contribution < 1.29 is 9.90 Å². The van der Waals surface area contributed by atoms with Crippen LogP contribution in [0.25, 0.3) is 0 Å². The van der Waals surface area contributed by atoms with Crippen molar-refractivity contribution in [3.05, 3.63) is 23.3 Å². The molecule has 1 aliphatic heterocycles. The smallest absolute Gasteiger partial charge is 0.231 e. The van der Waals surface area contributed by atoms with E-state index in [2.05, 4.69) is 24.1 Å². The number of benzene rings is 1. The van der Waals surface area contributed by atoms with Crippen molar-refractivity contribution in [1.82, 2.24) is 4.90 Å². The van der Waals surface area contributed by atoms with Gasteiger partial charge in [-0.1, -0.05) is 19.9 Å². The Morgan fingerprint density at radius 3 is 2.48 bits per heavy atom. The maximum Gasteiger partial charge on any atom is 0.231 e. The number of carbonyl (C=O) groups is 1. The zero-order valence-corrected chi connectivity index (χ0v) is 13.3. The summed E-state index contributed by atoms with van der Waals surface area (Å²) in [5.74, 6) is -0.0231. The summed E-state index contributed by atoms with van der Waals surface area (Å²) in [6, 6.07) is 3.65. The second kappa shape index (κ2) is 6.94. The summed E-state index contributed by atoms with van der Waals surface area (Å²) in [5, 5.41) is 12.7. The van der Waals surface area contributed by atoms with Crippen molar-refractivity contribution in [1.29, 1.82) is 0 Å². The summed E-state index contributed by atoms with van der Waals surface area (Å²) in [7, 11) is 0. The molecule has 0 aromatic heterocycles. The topological polar surface area (TPSA) is 52.6 Å². The number of amides is 1. The molecule has 21 heavy (non-hydrogen) atoms. The predicted octanol–water partition coefficient (Wildman–Crippen LogP) is 3.11. The number of anilines is 1. The van der Waals surface area contributed by atoms with Gasteiger partial charge in [-0.2, -0.15) is 0 Å². The Kier molecular flexibility index (Phi) is 5.23. The maximum atomic E-state index is 11.8. The molecule has 4 heteroatoms. The molecule has 0 radical (unpaired) electrons. The van der Waals surface area contributed by atoms with Gasteiger partial charge in [0.15, 0.2) is 0 Å². The number of phenolic OH excluding ortho intramolecular Hbond substituents is 1. The van der Waals surface area contributed by atoms with Crippen molar-refractivity contribution in [3.63, 3.8) is 0 Å². The van der Waals surface area contributed by atoms with E-state index in [0.29, 0.717) is 5.69 Å². The fourth-order valence-electron chi connectivity index (χ4n) is 3.10. The predicted molar refractivity (Wildman–Crippen MR) is 85.9 cm³/mol. The van der Waals surface area contributed by atoms with E-state index in [9.17, 15) is 9.90 Å². The van der Waals surface area contributed by atoms with E-state index in [1.165, 1.54) is 5.56 Å². The monoisotopic (exact) mass is 290 g/mol. The Hall–Kier alpha value is -1.55. The summed E-state index contributed by atoms with van der Waals surface area (Å²) < 4.78 is 0. The first-order valence-corrected chi connectivity index (χ1v) is 7.96. The third-order valence-electron chi connectivity index (χ3n) is 4.17. The molecule has 1 aromatic carbocycles. The van der Waals surface area contributed by atoms with Crippen molar-refractivity contribution in [3.8, 4) is 5.75 Å². The Labute approximate surface area is 127 Å². The fourth-order valence-corrected chi connectivity index (χ4v) is 3.10. The SMILES string of the molecule is CCCN(CCC)CCc1ccc(O)c2c1C(C)C(=O)N2. The molecule has 2 N–H and O–H groups in total. The van der Waals surface area contributed by atoms with Crippen LogP contribution in [0.2, 0.25) is 0 Å². The second-order valence-corrected chi connectivity index (χ2v) is 5.84. The molecule has 116 valence electrons. The number of hydrogen-bond acceptors (Lipinski definition) is 3. The normalized spacial score (nSPS) is 17.1. The third kappa shape index (κ3) is 3.38. The van der Waals surface area contributed by atoms with E-state index in [4.69, 9.17) is 0 Å². The van der Waals surface area contributed by atoms with Crippen LogP contribution in [0.1, 0.15) is 50.7 Å². The van der Waals surface area contributed by atoms with Gasteiger partial charge in [0.25, 0.3) is 0 Å². The van der Waals surface area contributed by atoms with E-state index in [-0.39, 0.29) is 17.6 Å². The molecule has 0 saturated carbocycles. The van der Waals surface area contributed by atoms with Gasteiger partial charge >= 0.3 is 0 Å². The molecule has 1 unspecified atom stereocenters. The number of phenols is 1. The molecule has 1 aliphatic rings. The molecule has 0 spiro atoms. The molecular formula is C17H26N2O2. The standard InChI is InChI=1S/C17H26N2O2/c1-4-9-19(10-5-2)11-8-13-6-7-14(20)16-15(13)12(3)17(21)18-16/h6-7,12,20H,4-5,8-11H2,1-3H3,(H,18,21). The Morgan fingerprint density at radius 1 is 1.19 bits per heavy atom. The van der Waals surface area contributed by atoms with Crippen LogP contribution in [0.3, 0.4) is 0 Å². The Bertz CT molecular complexity index is 508. The van der Waals surface area contributed by atoms with Gasteiger partial charge in [-0.15, -0.1) is 0 Å². The van der Waals surface area contributed by atoms with Crippen molar-refractivity contribution >= 4 is 11.6 Å². The molecular weight excluding hydrogens is 264 g/mol. The summed E-state index contributed by atoms with van der Waals surface area (Å²) in [6.45, 7) is 9.53. The minimum atomic E-state index is -0.173. The highest BCUT2D eigenvalue weighted by molar-refractivity contribution is 6.04. The minimum absolute atomic E-state index is 0.0216. The summed E-state index contributed by atoms with van der Waals surface area (Å²) >= 11 is 0. The molecule has 0 fully saturated rings. The van der Waals surface area contributed by atoms with Crippen LogP contribution in [-0.4, -0.2) is 35.5 Å². The van der Waals surface area contributed by atoms with Crippen LogP contribution in [-0.2, 0) is 11.2 Å². The summed E-state index contributed by atoms with van der Waals surface area (Å²) in [5.41, 5.74) is 2.77. The number of nitrogens with one attached hydrogen (secondary N) is 1. The third-order valence-corrected chi connectivity index (χ3v) is 4.17. The highest BCUT2D eigenvalue weighted by atomic mass is 16.3. The van der Waals surface area contributed by atoms with Gasteiger partial charge in [0.1, 0.15) is 5.75 Å². The molecule has 1 atom stereocenters. The lowest BCUT2D eigenvalue weighted by Crippen LogP contribution is -2.28. The van der Waals surface area contributed by atoms with E-state index < -0.39 is 0 Å². The minimum Gasteiger partial charge on any atom is -0.506 e. The number of nitrogens with zero attached hydrogens (tertiary/aromatic N) is 1. The summed E-state index contributed by atoms with van der Waals surface area (Å²) in [6.07, 6.45) is 3.23. The van der Waals surface area contributed by atoms with Gasteiger partial charge in [0, 0.05) is 6.54 Å². The molecule has 0 saturated heterocycles. The van der Waals surface area contributed by atoms with Crippen LogP contribution in [0.4, 0.5) is 5.69 Å². The van der Waals surface area contributed by atoms with Crippen molar-refractivity contribution in [2.75, 3.05) is 25.0 Å². The molecule has 0 aliphatic carbocycles. The zero-order chi connectivity index (χ0) is 15.4. The molecule has 0 bridgehead atoms. The van der Waals surface area contributed by atoms with E-state index >= 15 is 0 Å². The average molecular weight is 290 g/mol. The van der Waals surface area contributed by atoms with Crippen LogP contribution in [0.15, 0.2) is 12.1 Å². The number of carbonyl (C=O) groups excluding carboxylic acids is 1. The van der Waals surface area contributed by atoms with Crippen LogP contribution in [0, 0.1) is 0 Å².